The van der Waals surface area contributed by atoms with E-state index in [0.29, 0.717) is 5.95 Å². The van der Waals surface area contributed by atoms with E-state index in [1.165, 1.54) is 74.3 Å². The molecule has 0 bridgehead atoms. The fraction of sp³-hybridized carbons (Fsp3) is 0. The van der Waals surface area contributed by atoms with Gasteiger partial charge in [0.05, 0.1) is 32.5 Å². The maximum atomic E-state index is 5.52. The van der Waals surface area contributed by atoms with E-state index in [1.807, 2.05) is 11.3 Å². The first-order valence-electron chi connectivity index (χ1n) is 19.3. The number of rotatable bonds is 3. The third-order valence-electron chi connectivity index (χ3n) is 11.9. The lowest BCUT2D eigenvalue weighted by atomic mass is 9.93. The van der Waals surface area contributed by atoms with Crippen molar-refractivity contribution in [2.75, 3.05) is 0 Å². The molecule has 0 N–H and O–H groups in total. The molecule has 9 aromatic carbocycles. The van der Waals surface area contributed by atoms with Crippen LogP contribution in [0.4, 0.5) is 0 Å². The second kappa shape index (κ2) is 11.6. The van der Waals surface area contributed by atoms with E-state index in [4.69, 9.17) is 9.97 Å². The van der Waals surface area contributed by atoms with Gasteiger partial charge < -0.3 is 4.57 Å². The summed E-state index contributed by atoms with van der Waals surface area (Å²) in [7, 11) is 0. The molecule has 0 spiro atoms. The maximum absolute atomic E-state index is 5.52. The van der Waals surface area contributed by atoms with Gasteiger partial charge in [-0.1, -0.05) is 146 Å². The molecule has 0 amide bonds. The van der Waals surface area contributed by atoms with Crippen LogP contribution in [0.3, 0.4) is 0 Å². The molecule has 0 saturated heterocycles. The molecular weight excluding hydrogens is 713 g/mol. The van der Waals surface area contributed by atoms with Gasteiger partial charge in [0.1, 0.15) is 4.83 Å². The van der Waals surface area contributed by atoms with Crippen LogP contribution in [0.2, 0.25) is 0 Å². The fourth-order valence-corrected chi connectivity index (χ4v) is 10.9. The van der Waals surface area contributed by atoms with Crippen LogP contribution in [0.25, 0.3) is 119 Å². The second-order valence-corrected chi connectivity index (χ2v) is 15.9. The van der Waals surface area contributed by atoms with E-state index >= 15 is 0 Å². The standard InChI is InChI=1S/C52H30N4S/c1-3-15-31(16-4-1)48-38-23-11-13-25-44(38)53-52(54-48)56-46-30-42-36-22-10-8-20-34(36)33-19-7-9-21-35(33)41(42)29-43(46)37-27-28-40-47-39-24-12-14-26-45(39)55(32-17-5-2-6-18-32)51(47)57-50(40)49(37)56/h1-30H. The first-order valence-corrected chi connectivity index (χ1v) is 20.2. The third kappa shape index (κ3) is 4.26. The average molecular weight is 743 g/mol. The zero-order valence-electron chi connectivity index (χ0n) is 30.5. The molecule has 0 aliphatic rings. The van der Waals surface area contributed by atoms with Crippen molar-refractivity contribution in [2.45, 2.75) is 0 Å². The molecule has 0 unspecified atom stereocenters. The largest absolute Gasteiger partial charge is 0.301 e. The van der Waals surface area contributed by atoms with Crippen molar-refractivity contribution < 1.29 is 0 Å². The van der Waals surface area contributed by atoms with E-state index in [0.717, 1.165) is 38.9 Å². The van der Waals surface area contributed by atoms with Crippen molar-refractivity contribution in [1.82, 2.24) is 19.1 Å². The van der Waals surface area contributed by atoms with E-state index < -0.39 is 0 Å². The van der Waals surface area contributed by atoms with Gasteiger partial charge in [0, 0.05) is 43.6 Å². The molecule has 0 radical (unpaired) electrons. The summed E-state index contributed by atoms with van der Waals surface area (Å²) in [4.78, 5) is 12.2. The SMILES string of the molecule is c1ccc(-c2nc(-n3c4cc5c6ccccc6c6ccccc6c5cc4c4ccc5c(sc6c5c5ccccc5n6-c5ccccc5)c43)nc3ccccc23)cc1. The van der Waals surface area contributed by atoms with Crippen molar-refractivity contribution in [3.05, 3.63) is 182 Å². The van der Waals surface area contributed by atoms with Crippen LogP contribution in [-0.2, 0) is 0 Å². The van der Waals surface area contributed by atoms with Crippen LogP contribution in [0.1, 0.15) is 0 Å². The summed E-state index contributed by atoms with van der Waals surface area (Å²) in [5, 5.41) is 14.7. The zero-order chi connectivity index (χ0) is 37.2. The van der Waals surface area contributed by atoms with E-state index in [-0.39, 0.29) is 0 Å². The molecule has 0 atom stereocenters. The fourth-order valence-electron chi connectivity index (χ4n) is 9.46. The Bertz CT molecular complexity index is 3800. The van der Waals surface area contributed by atoms with Crippen LogP contribution in [-0.4, -0.2) is 19.1 Å². The zero-order valence-corrected chi connectivity index (χ0v) is 31.3. The Morgan fingerprint density at radius 1 is 0.386 bits per heavy atom. The number of aromatic nitrogens is 4. The molecule has 13 aromatic rings. The van der Waals surface area contributed by atoms with Crippen molar-refractivity contribution >= 4 is 108 Å². The predicted octanol–water partition coefficient (Wildman–Crippen LogP) is 14.2. The van der Waals surface area contributed by atoms with Gasteiger partial charge in [0.15, 0.2) is 0 Å². The summed E-state index contributed by atoms with van der Waals surface area (Å²) in [6.07, 6.45) is 0. The molecule has 13 rings (SSSR count). The van der Waals surface area contributed by atoms with Crippen molar-refractivity contribution in [2.24, 2.45) is 0 Å². The Kier molecular flexibility index (Phi) is 6.29. The van der Waals surface area contributed by atoms with Gasteiger partial charge in [-0.25, -0.2) is 9.97 Å². The van der Waals surface area contributed by atoms with Crippen LogP contribution in [0.5, 0.6) is 0 Å². The molecule has 57 heavy (non-hydrogen) atoms. The highest BCUT2D eigenvalue weighted by Gasteiger charge is 2.25. The van der Waals surface area contributed by atoms with Crippen molar-refractivity contribution in [3.63, 3.8) is 0 Å². The molecule has 5 heteroatoms. The first-order chi connectivity index (χ1) is 28.3. The highest BCUT2D eigenvalue weighted by atomic mass is 32.1. The summed E-state index contributed by atoms with van der Waals surface area (Å²) in [5.74, 6) is 0.665. The molecule has 0 fully saturated rings. The minimum Gasteiger partial charge on any atom is -0.301 e. The third-order valence-corrected chi connectivity index (χ3v) is 13.1. The Balaban J connectivity index is 1.25. The summed E-state index contributed by atoms with van der Waals surface area (Å²) in [6, 6.07) is 65.6. The second-order valence-electron chi connectivity index (χ2n) is 14.9. The lowest BCUT2D eigenvalue weighted by Crippen LogP contribution is -2.03. The van der Waals surface area contributed by atoms with E-state index in [2.05, 4.69) is 191 Å². The van der Waals surface area contributed by atoms with Crippen LogP contribution < -0.4 is 0 Å². The topological polar surface area (TPSA) is 35.6 Å². The normalized spacial score (nSPS) is 12.2. The van der Waals surface area contributed by atoms with Crippen LogP contribution in [0, 0.1) is 0 Å². The van der Waals surface area contributed by atoms with Gasteiger partial charge in [0.2, 0.25) is 5.95 Å². The van der Waals surface area contributed by atoms with Crippen molar-refractivity contribution in [3.8, 4) is 22.9 Å². The number of hydrogen-bond acceptors (Lipinski definition) is 3. The van der Waals surface area contributed by atoms with Crippen molar-refractivity contribution in [1.29, 1.82) is 0 Å². The molecular formula is C52H30N4S. The Morgan fingerprint density at radius 2 is 0.965 bits per heavy atom. The summed E-state index contributed by atoms with van der Waals surface area (Å²) < 4.78 is 6.02. The van der Waals surface area contributed by atoms with E-state index in [1.54, 1.807) is 0 Å². The lowest BCUT2D eigenvalue weighted by Gasteiger charge is -2.13. The van der Waals surface area contributed by atoms with Gasteiger partial charge >= 0.3 is 0 Å². The molecule has 0 aliphatic heterocycles. The Labute approximate surface area is 330 Å². The first kappa shape index (κ1) is 30.9. The predicted molar refractivity (Wildman–Crippen MR) is 242 cm³/mol. The Morgan fingerprint density at radius 3 is 1.70 bits per heavy atom. The van der Waals surface area contributed by atoms with Crippen LogP contribution >= 0.6 is 11.3 Å². The van der Waals surface area contributed by atoms with Gasteiger partial charge in [-0.05, 0) is 68.7 Å². The Hall–Kier alpha value is -7.34. The van der Waals surface area contributed by atoms with Crippen LogP contribution in [0.15, 0.2) is 182 Å². The number of para-hydroxylation sites is 3. The minimum atomic E-state index is 0.665. The number of thiophene rings is 1. The molecule has 4 aromatic heterocycles. The van der Waals surface area contributed by atoms with Gasteiger partial charge in [-0.15, -0.1) is 11.3 Å². The highest BCUT2D eigenvalue weighted by molar-refractivity contribution is 7.26. The summed E-state index contributed by atoms with van der Waals surface area (Å²) >= 11 is 1.86. The molecule has 4 heterocycles. The smallest absolute Gasteiger partial charge is 0.235 e. The average Bonchev–Trinajstić information content (AvgIpc) is 3.93. The summed E-state index contributed by atoms with van der Waals surface area (Å²) in [6.45, 7) is 0. The van der Waals surface area contributed by atoms with E-state index in [9.17, 15) is 0 Å². The molecule has 264 valence electrons. The van der Waals surface area contributed by atoms with Gasteiger partial charge in [-0.3, -0.25) is 4.57 Å². The number of benzene rings is 9. The summed E-state index contributed by atoms with van der Waals surface area (Å²) in [5.41, 5.74) is 7.49. The lowest BCUT2D eigenvalue weighted by molar-refractivity contribution is 1.02. The molecule has 0 saturated carbocycles. The number of nitrogens with zero attached hydrogens (tertiary/aromatic N) is 4. The monoisotopic (exact) mass is 742 g/mol. The van der Waals surface area contributed by atoms with Gasteiger partial charge in [0.25, 0.3) is 0 Å². The number of hydrogen-bond donors (Lipinski definition) is 0. The number of fused-ring (bicyclic) bond motifs is 16. The quantitative estimate of drug-likeness (QED) is 0.169. The minimum absolute atomic E-state index is 0.665. The molecule has 0 aliphatic carbocycles. The maximum Gasteiger partial charge on any atom is 0.235 e. The highest BCUT2D eigenvalue weighted by Crippen LogP contribution is 2.48. The van der Waals surface area contributed by atoms with Gasteiger partial charge in [-0.2, -0.15) is 0 Å². The molecule has 4 nitrogen and oxygen atoms in total.